The van der Waals surface area contributed by atoms with Crippen LogP contribution in [-0.2, 0) is 14.9 Å². The van der Waals surface area contributed by atoms with Gasteiger partial charge in [-0.05, 0) is 48.8 Å². The van der Waals surface area contributed by atoms with E-state index in [1.54, 1.807) is 11.9 Å². The zero-order valence-electron chi connectivity index (χ0n) is 16.2. The molecule has 1 aromatic rings. The van der Waals surface area contributed by atoms with Crippen LogP contribution in [0, 0.1) is 0 Å². The van der Waals surface area contributed by atoms with Crippen molar-refractivity contribution in [2.45, 2.75) is 70.7 Å². The minimum atomic E-state index is -0.833. The molecule has 1 saturated carbocycles. The standard InChI is InChI=1S/C18H25BNO2.C2H4O2/c1-18(2)12-19-16-10-9-13(11-15(16)18)20(3)17(21)22-14-7-5-4-6-8-14;1-2(3)4/h9-11,14H,4-8,12H2,1-3H3;1H3,(H,3,4). The molecule has 26 heavy (non-hydrogen) atoms. The molecule has 0 saturated heterocycles. The number of hydrogen-bond donors (Lipinski definition) is 1. The lowest BCUT2D eigenvalue weighted by Crippen LogP contribution is -2.32. The summed E-state index contributed by atoms with van der Waals surface area (Å²) in [4.78, 5) is 23.0. The molecular weight excluding hydrogens is 329 g/mol. The molecule has 1 aromatic carbocycles. The van der Waals surface area contributed by atoms with Crippen LogP contribution in [0.1, 0.15) is 58.4 Å². The number of carbonyl (C=O) groups excluding carboxylic acids is 1. The first-order valence-corrected chi connectivity index (χ1v) is 9.32. The number of aliphatic carboxylic acids is 1. The number of carbonyl (C=O) groups is 2. The van der Waals surface area contributed by atoms with E-state index >= 15 is 0 Å². The van der Waals surface area contributed by atoms with Gasteiger partial charge >= 0.3 is 6.09 Å². The van der Waals surface area contributed by atoms with Crippen LogP contribution in [-0.4, -0.2) is 37.6 Å². The van der Waals surface area contributed by atoms with E-state index in [4.69, 9.17) is 14.6 Å². The molecule has 1 amide bonds. The van der Waals surface area contributed by atoms with E-state index in [2.05, 4.69) is 33.3 Å². The zero-order valence-corrected chi connectivity index (χ0v) is 16.2. The van der Waals surface area contributed by atoms with E-state index in [0.29, 0.717) is 0 Å². The predicted octanol–water partition coefficient (Wildman–Crippen LogP) is 3.72. The summed E-state index contributed by atoms with van der Waals surface area (Å²) in [5.74, 6) is -0.833. The van der Waals surface area contributed by atoms with Crippen molar-refractivity contribution < 1.29 is 19.4 Å². The lowest BCUT2D eigenvalue weighted by Gasteiger charge is -2.26. The van der Waals surface area contributed by atoms with Gasteiger partial charge in [0.2, 0.25) is 0 Å². The Morgan fingerprint density at radius 3 is 2.46 bits per heavy atom. The van der Waals surface area contributed by atoms with E-state index < -0.39 is 5.97 Å². The fourth-order valence-electron chi connectivity index (χ4n) is 3.50. The highest BCUT2D eigenvalue weighted by atomic mass is 16.6. The number of ether oxygens (including phenoxy) is 1. The molecule has 1 heterocycles. The quantitative estimate of drug-likeness (QED) is 0.819. The van der Waals surface area contributed by atoms with Gasteiger partial charge in [0.05, 0.1) is 0 Å². The number of anilines is 1. The first-order valence-electron chi connectivity index (χ1n) is 9.32. The molecule has 1 fully saturated rings. The molecule has 5 nitrogen and oxygen atoms in total. The Kier molecular flexibility index (Phi) is 6.73. The maximum absolute atomic E-state index is 12.4. The smallest absolute Gasteiger partial charge is 0.414 e. The van der Waals surface area contributed by atoms with Gasteiger partial charge < -0.3 is 9.84 Å². The Balaban J connectivity index is 0.000000552. The van der Waals surface area contributed by atoms with Crippen LogP contribution in [0.3, 0.4) is 0 Å². The highest BCUT2D eigenvalue weighted by Gasteiger charge is 2.31. The number of fused-ring (bicyclic) bond motifs is 1. The molecule has 0 aromatic heterocycles. The van der Waals surface area contributed by atoms with Crippen LogP contribution in [0.5, 0.6) is 0 Å². The Hall–Kier alpha value is -1.98. The summed E-state index contributed by atoms with van der Waals surface area (Å²) in [5, 5.41) is 7.42. The third-order valence-electron chi connectivity index (χ3n) is 5.08. The number of amides is 1. The van der Waals surface area contributed by atoms with Crippen molar-refractivity contribution in [3.8, 4) is 0 Å². The minimum Gasteiger partial charge on any atom is -0.481 e. The molecule has 1 N–H and O–H groups in total. The SMILES string of the molecule is CC(=O)O.CN(C(=O)OC1CCCCC1)c1ccc2c(c1)C(C)(C)C[B]2. The van der Waals surface area contributed by atoms with E-state index in [0.717, 1.165) is 31.8 Å². The second-order valence-corrected chi connectivity index (χ2v) is 7.79. The van der Waals surface area contributed by atoms with Gasteiger partial charge in [0.15, 0.2) is 7.28 Å². The van der Waals surface area contributed by atoms with Gasteiger partial charge in [0, 0.05) is 19.7 Å². The van der Waals surface area contributed by atoms with Crippen LogP contribution in [0.4, 0.5) is 10.5 Å². The fourth-order valence-corrected chi connectivity index (χ4v) is 3.50. The number of benzene rings is 1. The molecule has 0 spiro atoms. The number of rotatable bonds is 2. The molecule has 3 rings (SSSR count). The van der Waals surface area contributed by atoms with E-state index in [1.165, 1.54) is 30.3 Å². The van der Waals surface area contributed by atoms with Gasteiger partial charge in [0.25, 0.3) is 5.97 Å². The van der Waals surface area contributed by atoms with E-state index in [9.17, 15) is 4.79 Å². The summed E-state index contributed by atoms with van der Waals surface area (Å²) < 4.78 is 5.66. The van der Waals surface area contributed by atoms with Gasteiger partial charge in [-0.25, -0.2) is 4.79 Å². The average Bonchev–Trinajstić information content (AvgIpc) is 2.89. The lowest BCUT2D eigenvalue weighted by molar-refractivity contribution is -0.134. The zero-order chi connectivity index (χ0) is 19.3. The predicted molar refractivity (Wildman–Crippen MR) is 105 cm³/mol. The summed E-state index contributed by atoms with van der Waals surface area (Å²) in [7, 11) is 4.08. The van der Waals surface area contributed by atoms with Gasteiger partial charge in [-0.2, -0.15) is 0 Å². The summed E-state index contributed by atoms with van der Waals surface area (Å²) in [6, 6.07) is 6.27. The van der Waals surface area contributed by atoms with Gasteiger partial charge in [-0.1, -0.05) is 38.1 Å². The Morgan fingerprint density at radius 2 is 1.85 bits per heavy atom. The van der Waals surface area contributed by atoms with E-state index in [1.807, 2.05) is 6.07 Å². The Bertz CT molecular complexity index is 649. The van der Waals surface area contributed by atoms with Gasteiger partial charge in [-0.15, -0.1) is 0 Å². The normalized spacial score (nSPS) is 18.0. The van der Waals surface area contributed by atoms with Crippen LogP contribution < -0.4 is 10.4 Å². The monoisotopic (exact) mass is 358 g/mol. The second kappa shape index (κ2) is 8.61. The molecule has 6 heteroatoms. The maximum Gasteiger partial charge on any atom is 0.414 e. The third kappa shape index (κ3) is 5.26. The molecule has 1 aliphatic heterocycles. The maximum atomic E-state index is 12.4. The largest absolute Gasteiger partial charge is 0.481 e. The van der Waals surface area contributed by atoms with Crippen LogP contribution in [0.2, 0.25) is 6.32 Å². The van der Waals surface area contributed by atoms with Crippen molar-refractivity contribution in [2.24, 2.45) is 0 Å². The van der Waals surface area contributed by atoms with Crippen LogP contribution >= 0.6 is 0 Å². The topological polar surface area (TPSA) is 66.8 Å². The summed E-state index contributed by atoms with van der Waals surface area (Å²) in [6.45, 7) is 5.58. The number of carboxylic acid groups (broad SMARTS) is 1. The fraction of sp³-hybridized carbons (Fsp3) is 0.600. The molecule has 2 aliphatic rings. The number of carboxylic acids is 1. The first kappa shape index (κ1) is 20.3. The van der Waals surface area contributed by atoms with E-state index in [-0.39, 0.29) is 17.6 Å². The first-order chi connectivity index (χ1) is 12.2. The molecular formula is C20H29BNO4. The molecule has 0 bridgehead atoms. The van der Waals surface area contributed by atoms with Crippen molar-refractivity contribution in [1.29, 1.82) is 0 Å². The van der Waals surface area contributed by atoms with Crippen LogP contribution in [0.15, 0.2) is 18.2 Å². The van der Waals surface area contributed by atoms with Gasteiger partial charge in [0.1, 0.15) is 6.10 Å². The van der Waals surface area contributed by atoms with Crippen molar-refractivity contribution in [1.82, 2.24) is 0 Å². The van der Waals surface area contributed by atoms with Crippen molar-refractivity contribution >= 4 is 30.5 Å². The molecule has 141 valence electrons. The highest BCUT2D eigenvalue weighted by Crippen LogP contribution is 2.33. The summed E-state index contributed by atoms with van der Waals surface area (Å²) >= 11 is 0. The number of hydrogen-bond acceptors (Lipinski definition) is 3. The second-order valence-electron chi connectivity index (χ2n) is 7.79. The summed E-state index contributed by atoms with van der Waals surface area (Å²) in [6.07, 6.45) is 6.55. The van der Waals surface area contributed by atoms with Crippen molar-refractivity contribution in [2.75, 3.05) is 11.9 Å². The average molecular weight is 358 g/mol. The minimum absolute atomic E-state index is 0.0999. The van der Waals surface area contributed by atoms with Crippen LogP contribution in [0.25, 0.3) is 0 Å². The Labute approximate surface area is 157 Å². The van der Waals surface area contributed by atoms with Gasteiger partial charge in [-0.3, -0.25) is 9.69 Å². The third-order valence-corrected chi connectivity index (χ3v) is 5.08. The highest BCUT2D eigenvalue weighted by molar-refractivity contribution is 6.56. The van der Waals surface area contributed by atoms with Crippen molar-refractivity contribution in [3.05, 3.63) is 23.8 Å². The molecule has 0 atom stereocenters. The van der Waals surface area contributed by atoms with Crippen molar-refractivity contribution in [3.63, 3.8) is 0 Å². The molecule has 1 radical (unpaired) electrons. The molecule has 0 unspecified atom stereocenters. The lowest BCUT2D eigenvalue weighted by atomic mass is 9.69. The molecule has 1 aliphatic carbocycles. The Morgan fingerprint density at radius 1 is 1.23 bits per heavy atom. The number of nitrogens with zero attached hydrogens (tertiary/aromatic N) is 1. The summed E-state index contributed by atoms with van der Waals surface area (Å²) in [5.41, 5.74) is 3.69.